The maximum Gasteiger partial charge on any atom is 0.0496 e. The molecule has 0 unspecified atom stereocenters. The normalized spacial score (nSPS) is 10.7. The lowest BCUT2D eigenvalue weighted by molar-refractivity contribution is 1.33. The number of fused-ring (bicyclic) bond motifs is 1. The Morgan fingerprint density at radius 1 is 1.31 bits per heavy atom. The first kappa shape index (κ1) is 9.21. The van der Waals surface area contributed by atoms with Crippen LogP contribution in [0.1, 0.15) is 5.56 Å². The summed E-state index contributed by atoms with van der Waals surface area (Å²) >= 11 is 8.36. The third-order valence-corrected chi connectivity index (χ3v) is 3.18. The van der Waals surface area contributed by atoms with E-state index < -0.39 is 0 Å². The van der Waals surface area contributed by atoms with Gasteiger partial charge < -0.3 is 0 Å². The van der Waals surface area contributed by atoms with Crippen molar-refractivity contribution >= 4 is 45.0 Å². The highest BCUT2D eigenvalue weighted by Gasteiger charge is 2.04. The van der Waals surface area contributed by atoms with Gasteiger partial charge in [-0.25, -0.2) is 0 Å². The standard InChI is InChI=1S/C10H7ClIN/c1-6-2-3-8(11)10-7(6)4-13-5-9(10)12/h2-5H,1H3. The number of benzene rings is 1. The molecule has 1 nitrogen and oxygen atoms in total. The quantitative estimate of drug-likeness (QED) is 0.675. The summed E-state index contributed by atoms with van der Waals surface area (Å²) < 4.78 is 1.10. The molecule has 0 N–H and O–H groups in total. The van der Waals surface area contributed by atoms with Crippen LogP contribution in [0.2, 0.25) is 5.02 Å². The summed E-state index contributed by atoms with van der Waals surface area (Å²) in [5.41, 5.74) is 1.21. The van der Waals surface area contributed by atoms with Crippen molar-refractivity contribution in [2.75, 3.05) is 0 Å². The summed E-state index contributed by atoms with van der Waals surface area (Å²) in [6.45, 7) is 2.07. The van der Waals surface area contributed by atoms with E-state index in [1.807, 2.05) is 24.5 Å². The SMILES string of the molecule is Cc1ccc(Cl)c2c(I)cncc12. The van der Waals surface area contributed by atoms with E-state index >= 15 is 0 Å². The number of aryl methyl sites for hydroxylation is 1. The number of hydrogen-bond donors (Lipinski definition) is 0. The Bertz CT molecular complexity index is 459. The molecule has 0 aliphatic heterocycles. The van der Waals surface area contributed by atoms with Crippen molar-refractivity contribution in [1.29, 1.82) is 0 Å². The van der Waals surface area contributed by atoms with Gasteiger partial charge in [-0.1, -0.05) is 17.7 Å². The molecule has 1 heterocycles. The molecular formula is C10H7ClIN. The minimum absolute atomic E-state index is 0.799. The average molecular weight is 304 g/mol. The van der Waals surface area contributed by atoms with Crippen molar-refractivity contribution < 1.29 is 0 Å². The van der Waals surface area contributed by atoms with E-state index in [0.717, 1.165) is 19.4 Å². The Hall–Kier alpha value is -0.350. The summed E-state index contributed by atoms with van der Waals surface area (Å²) in [7, 11) is 0. The molecule has 0 aliphatic carbocycles. The lowest BCUT2D eigenvalue weighted by Gasteiger charge is -2.04. The van der Waals surface area contributed by atoms with Crippen LogP contribution in [0.4, 0.5) is 0 Å². The fourth-order valence-corrected chi connectivity index (χ4v) is 2.52. The second-order valence-electron chi connectivity index (χ2n) is 2.91. The van der Waals surface area contributed by atoms with Crippen molar-refractivity contribution in [3.63, 3.8) is 0 Å². The van der Waals surface area contributed by atoms with E-state index in [4.69, 9.17) is 11.6 Å². The predicted molar refractivity (Wildman–Crippen MR) is 64.2 cm³/mol. The second-order valence-corrected chi connectivity index (χ2v) is 4.48. The molecule has 0 radical (unpaired) electrons. The highest BCUT2D eigenvalue weighted by Crippen LogP contribution is 2.29. The highest BCUT2D eigenvalue weighted by atomic mass is 127. The van der Waals surface area contributed by atoms with Crippen molar-refractivity contribution in [3.8, 4) is 0 Å². The van der Waals surface area contributed by atoms with Gasteiger partial charge in [0.25, 0.3) is 0 Å². The van der Waals surface area contributed by atoms with Crippen molar-refractivity contribution in [1.82, 2.24) is 4.98 Å². The molecule has 0 amide bonds. The van der Waals surface area contributed by atoms with Crippen molar-refractivity contribution in [3.05, 3.63) is 38.7 Å². The van der Waals surface area contributed by atoms with Crippen LogP contribution >= 0.6 is 34.2 Å². The molecule has 0 bridgehead atoms. The molecule has 2 rings (SSSR count). The fraction of sp³-hybridized carbons (Fsp3) is 0.100. The van der Waals surface area contributed by atoms with Crippen LogP contribution in [0.3, 0.4) is 0 Å². The van der Waals surface area contributed by atoms with Crippen LogP contribution in [0, 0.1) is 10.5 Å². The maximum atomic E-state index is 6.10. The Morgan fingerprint density at radius 3 is 2.77 bits per heavy atom. The zero-order valence-corrected chi connectivity index (χ0v) is 9.93. The van der Waals surface area contributed by atoms with Gasteiger partial charge in [-0.2, -0.15) is 0 Å². The van der Waals surface area contributed by atoms with E-state index in [2.05, 4.69) is 34.5 Å². The van der Waals surface area contributed by atoms with Gasteiger partial charge in [-0.05, 0) is 41.1 Å². The Kier molecular flexibility index (Phi) is 2.43. The van der Waals surface area contributed by atoms with Gasteiger partial charge in [0.05, 0.1) is 0 Å². The molecule has 0 saturated heterocycles. The molecule has 0 atom stereocenters. The summed E-state index contributed by atoms with van der Waals surface area (Å²) in [4.78, 5) is 4.15. The fourth-order valence-electron chi connectivity index (χ4n) is 1.35. The minimum atomic E-state index is 0.799. The number of nitrogens with zero attached hydrogens (tertiary/aromatic N) is 1. The number of aromatic nitrogens is 1. The van der Waals surface area contributed by atoms with Gasteiger partial charge in [0, 0.05) is 31.8 Å². The molecule has 0 spiro atoms. The van der Waals surface area contributed by atoms with Crippen molar-refractivity contribution in [2.24, 2.45) is 0 Å². The third-order valence-electron chi connectivity index (χ3n) is 2.04. The second kappa shape index (κ2) is 3.42. The van der Waals surface area contributed by atoms with Crippen LogP contribution in [0.25, 0.3) is 10.8 Å². The highest BCUT2D eigenvalue weighted by molar-refractivity contribution is 14.1. The maximum absolute atomic E-state index is 6.10. The molecular weight excluding hydrogens is 296 g/mol. The van der Waals surface area contributed by atoms with Gasteiger partial charge in [0.2, 0.25) is 0 Å². The summed E-state index contributed by atoms with van der Waals surface area (Å²) in [5, 5.41) is 3.05. The van der Waals surface area contributed by atoms with Crippen LogP contribution in [0.15, 0.2) is 24.5 Å². The first-order valence-corrected chi connectivity index (χ1v) is 5.34. The molecule has 1 aromatic carbocycles. The number of hydrogen-bond acceptors (Lipinski definition) is 1. The van der Waals surface area contributed by atoms with Gasteiger partial charge in [0.1, 0.15) is 0 Å². The molecule has 13 heavy (non-hydrogen) atoms. The zero-order chi connectivity index (χ0) is 9.42. The van der Waals surface area contributed by atoms with E-state index in [1.54, 1.807) is 0 Å². The van der Waals surface area contributed by atoms with E-state index in [0.29, 0.717) is 0 Å². The Balaban J connectivity index is 3.00. The largest absolute Gasteiger partial charge is 0.263 e. The van der Waals surface area contributed by atoms with Crippen LogP contribution in [-0.4, -0.2) is 4.98 Å². The monoisotopic (exact) mass is 303 g/mol. The van der Waals surface area contributed by atoms with Gasteiger partial charge in [-0.3, -0.25) is 4.98 Å². The molecule has 66 valence electrons. The minimum Gasteiger partial charge on any atom is -0.263 e. The molecule has 0 aliphatic rings. The average Bonchev–Trinajstić information content (AvgIpc) is 2.12. The molecule has 2 aromatic rings. The first-order chi connectivity index (χ1) is 6.20. The summed E-state index contributed by atoms with van der Waals surface area (Å²) in [5.74, 6) is 0. The molecule has 0 fully saturated rings. The first-order valence-electron chi connectivity index (χ1n) is 3.88. The molecule has 0 saturated carbocycles. The molecule has 1 aromatic heterocycles. The summed E-state index contributed by atoms with van der Waals surface area (Å²) in [6.07, 6.45) is 3.69. The number of rotatable bonds is 0. The van der Waals surface area contributed by atoms with Gasteiger partial charge >= 0.3 is 0 Å². The predicted octanol–water partition coefficient (Wildman–Crippen LogP) is 3.80. The van der Waals surface area contributed by atoms with Crippen LogP contribution in [0.5, 0.6) is 0 Å². The number of halogens is 2. The van der Waals surface area contributed by atoms with E-state index in [9.17, 15) is 0 Å². The lowest BCUT2D eigenvalue weighted by atomic mass is 10.1. The van der Waals surface area contributed by atoms with Gasteiger partial charge in [0.15, 0.2) is 0 Å². The van der Waals surface area contributed by atoms with E-state index in [1.165, 1.54) is 5.56 Å². The third kappa shape index (κ3) is 1.53. The van der Waals surface area contributed by atoms with E-state index in [-0.39, 0.29) is 0 Å². The van der Waals surface area contributed by atoms with Crippen molar-refractivity contribution in [2.45, 2.75) is 6.92 Å². The van der Waals surface area contributed by atoms with Gasteiger partial charge in [-0.15, -0.1) is 0 Å². The molecule has 3 heteroatoms. The number of pyridine rings is 1. The Labute approximate surface area is 95.3 Å². The zero-order valence-electron chi connectivity index (χ0n) is 7.01. The van der Waals surface area contributed by atoms with Crippen LogP contribution < -0.4 is 0 Å². The lowest BCUT2D eigenvalue weighted by Crippen LogP contribution is -1.85. The smallest absolute Gasteiger partial charge is 0.0496 e. The Morgan fingerprint density at radius 2 is 2.08 bits per heavy atom. The topological polar surface area (TPSA) is 12.9 Å². The summed E-state index contributed by atoms with van der Waals surface area (Å²) in [6, 6.07) is 3.95. The van der Waals surface area contributed by atoms with Crippen LogP contribution in [-0.2, 0) is 0 Å².